The molecule has 26 heavy (non-hydrogen) atoms. The van der Waals surface area contributed by atoms with Crippen LogP contribution in [-0.4, -0.2) is 40.6 Å². The van der Waals surface area contributed by atoms with E-state index in [0.29, 0.717) is 6.04 Å². The molecule has 0 unspecified atom stereocenters. The lowest BCUT2D eigenvalue weighted by molar-refractivity contribution is 0.416. The van der Waals surface area contributed by atoms with Gasteiger partial charge in [0.25, 0.3) is 5.56 Å². The quantitative estimate of drug-likeness (QED) is 0.723. The second-order valence-corrected chi connectivity index (χ2v) is 7.77. The van der Waals surface area contributed by atoms with E-state index in [4.69, 9.17) is 4.98 Å². The molecule has 0 saturated carbocycles. The zero-order valence-corrected chi connectivity index (χ0v) is 15.7. The third-order valence-electron chi connectivity index (χ3n) is 4.76. The number of hydrogen-bond donors (Lipinski definition) is 2. The van der Waals surface area contributed by atoms with Crippen molar-refractivity contribution in [3.8, 4) is 0 Å². The van der Waals surface area contributed by atoms with Crippen LogP contribution in [-0.2, 0) is 6.42 Å². The van der Waals surface area contributed by atoms with Crippen LogP contribution < -0.4 is 15.8 Å². The van der Waals surface area contributed by atoms with Crippen molar-refractivity contribution in [2.75, 3.05) is 24.5 Å². The Morgan fingerprint density at radius 2 is 2.08 bits per heavy atom. The lowest BCUT2D eigenvalue weighted by Gasteiger charge is -2.32. The molecule has 7 heteroatoms. The average Bonchev–Trinajstić information content (AvgIpc) is 3.06. The smallest absolute Gasteiger partial charge is 0.251 e. The van der Waals surface area contributed by atoms with Crippen molar-refractivity contribution in [3.05, 3.63) is 52.2 Å². The van der Waals surface area contributed by atoms with E-state index >= 15 is 0 Å². The van der Waals surface area contributed by atoms with E-state index in [1.807, 2.05) is 13.0 Å². The van der Waals surface area contributed by atoms with Crippen LogP contribution in [0.1, 0.15) is 24.4 Å². The number of piperidine rings is 1. The first-order valence-electron chi connectivity index (χ1n) is 9.08. The molecule has 2 N–H and O–H groups in total. The van der Waals surface area contributed by atoms with Crippen LogP contribution in [0.4, 0.5) is 5.13 Å². The largest absolute Gasteiger partial charge is 0.348 e. The summed E-state index contributed by atoms with van der Waals surface area (Å²) in [5.41, 5.74) is 1.79. The van der Waals surface area contributed by atoms with Gasteiger partial charge in [-0.05, 0) is 31.9 Å². The molecule has 1 fully saturated rings. The first-order chi connectivity index (χ1) is 12.7. The van der Waals surface area contributed by atoms with Gasteiger partial charge in [-0.2, -0.15) is 0 Å². The second kappa shape index (κ2) is 7.55. The van der Waals surface area contributed by atoms with Gasteiger partial charge in [0.1, 0.15) is 5.82 Å². The molecule has 2 aromatic heterocycles. The van der Waals surface area contributed by atoms with Crippen LogP contribution in [0, 0.1) is 6.92 Å². The maximum Gasteiger partial charge on any atom is 0.251 e. The molecule has 0 spiro atoms. The fourth-order valence-electron chi connectivity index (χ4n) is 3.42. The van der Waals surface area contributed by atoms with E-state index in [9.17, 15) is 4.79 Å². The molecule has 3 heterocycles. The van der Waals surface area contributed by atoms with Gasteiger partial charge >= 0.3 is 0 Å². The maximum atomic E-state index is 11.5. The van der Waals surface area contributed by atoms with Crippen LogP contribution in [0.5, 0.6) is 0 Å². The number of H-pyrrole nitrogens is 1. The predicted octanol–water partition coefficient (Wildman–Crippen LogP) is 2.49. The van der Waals surface area contributed by atoms with Crippen LogP contribution in [0.15, 0.2) is 35.1 Å². The number of hydrogen-bond acceptors (Lipinski definition) is 6. The number of benzene rings is 1. The third kappa shape index (κ3) is 3.94. The van der Waals surface area contributed by atoms with Crippen molar-refractivity contribution in [2.24, 2.45) is 0 Å². The first kappa shape index (κ1) is 17.2. The SMILES string of the molecule is Cc1cc(=O)[nH]c(CCNC2CCN(c3nc4ccccc4s3)CC2)n1. The Morgan fingerprint density at radius 3 is 2.85 bits per heavy atom. The Hall–Kier alpha value is -2.25. The highest BCUT2D eigenvalue weighted by molar-refractivity contribution is 7.22. The van der Waals surface area contributed by atoms with E-state index in [1.165, 1.54) is 10.8 Å². The molecular weight excluding hydrogens is 346 g/mol. The summed E-state index contributed by atoms with van der Waals surface area (Å²) < 4.78 is 1.25. The van der Waals surface area contributed by atoms with Crippen molar-refractivity contribution < 1.29 is 0 Å². The van der Waals surface area contributed by atoms with Gasteiger partial charge in [0.15, 0.2) is 5.13 Å². The Kier molecular flexibility index (Phi) is 4.99. The highest BCUT2D eigenvalue weighted by Crippen LogP contribution is 2.30. The van der Waals surface area contributed by atoms with Crippen molar-refractivity contribution in [3.63, 3.8) is 0 Å². The van der Waals surface area contributed by atoms with Gasteiger partial charge in [-0.3, -0.25) is 4.79 Å². The highest BCUT2D eigenvalue weighted by atomic mass is 32.1. The Labute approximate surface area is 156 Å². The molecule has 0 radical (unpaired) electrons. The van der Waals surface area contributed by atoms with Gasteiger partial charge in [0.05, 0.1) is 10.2 Å². The molecule has 0 amide bonds. The first-order valence-corrected chi connectivity index (χ1v) is 9.90. The van der Waals surface area contributed by atoms with Crippen molar-refractivity contribution in [1.82, 2.24) is 20.3 Å². The monoisotopic (exact) mass is 369 g/mol. The number of nitrogens with zero attached hydrogens (tertiary/aromatic N) is 3. The summed E-state index contributed by atoms with van der Waals surface area (Å²) in [6.07, 6.45) is 2.95. The molecular formula is C19H23N5OS. The van der Waals surface area contributed by atoms with Gasteiger partial charge in [-0.1, -0.05) is 23.5 Å². The normalized spacial score (nSPS) is 15.7. The molecule has 4 rings (SSSR count). The van der Waals surface area contributed by atoms with Crippen LogP contribution >= 0.6 is 11.3 Å². The molecule has 3 aromatic rings. The average molecular weight is 369 g/mol. The minimum absolute atomic E-state index is 0.0726. The van der Waals surface area contributed by atoms with Gasteiger partial charge in [-0.15, -0.1) is 0 Å². The Bertz CT molecular complexity index is 909. The number of aromatic nitrogens is 3. The minimum Gasteiger partial charge on any atom is -0.348 e. The summed E-state index contributed by atoms with van der Waals surface area (Å²) in [5, 5.41) is 4.73. The van der Waals surface area contributed by atoms with Gasteiger partial charge < -0.3 is 15.2 Å². The zero-order chi connectivity index (χ0) is 17.9. The van der Waals surface area contributed by atoms with Crippen LogP contribution in [0.2, 0.25) is 0 Å². The molecule has 1 aliphatic heterocycles. The summed E-state index contributed by atoms with van der Waals surface area (Å²) >= 11 is 1.78. The van der Waals surface area contributed by atoms with Crippen LogP contribution in [0.25, 0.3) is 10.2 Å². The minimum atomic E-state index is -0.0726. The Balaban J connectivity index is 1.27. The third-order valence-corrected chi connectivity index (χ3v) is 5.86. The lowest BCUT2D eigenvalue weighted by atomic mass is 10.1. The van der Waals surface area contributed by atoms with Crippen molar-refractivity contribution in [2.45, 2.75) is 32.2 Å². The molecule has 1 aromatic carbocycles. The van der Waals surface area contributed by atoms with Gasteiger partial charge in [0, 0.05) is 43.9 Å². The summed E-state index contributed by atoms with van der Waals surface area (Å²) in [4.78, 5) is 25.8. The fraction of sp³-hybridized carbons (Fsp3) is 0.421. The summed E-state index contributed by atoms with van der Waals surface area (Å²) in [7, 11) is 0. The molecule has 6 nitrogen and oxygen atoms in total. The predicted molar refractivity (Wildman–Crippen MR) is 106 cm³/mol. The fourth-order valence-corrected chi connectivity index (χ4v) is 4.44. The van der Waals surface area contributed by atoms with Crippen LogP contribution in [0.3, 0.4) is 0 Å². The standard InChI is InChI=1S/C19H23N5OS/c1-13-12-18(25)23-17(21-13)6-9-20-14-7-10-24(11-8-14)19-22-15-4-2-3-5-16(15)26-19/h2-5,12,14,20H,6-11H2,1H3,(H,21,23,25). The molecule has 0 atom stereocenters. The van der Waals surface area contributed by atoms with E-state index in [0.717, 1.165) is 61.1 Å². The van der Waals surface area contributed by atoms with E-state index in [2.05, 4.69) is 38.4 Å². The number of nitrogens with one attached hydrogen (secondary N) is 2. The summed E-state index contributed by atoms with van der Waals surface area (Å²) in [6, 6.07) is 10.4. The number of anilines is 1. The van der Waals surface area contributed by atoms with E-state index < -0.39 is 0 Å². The molecule has 0 aliphatic carbocycles. The zero-order valence-electron chi connectivity index (χ0n) is 14.9. The van der Waals surface area contributed by atoms with E-state index in [-0.39, 0.29) is 5.56 Å². The van der Waals surface area contributed by atoms with E-state index in [1.54, 1.807) is 11.3 Å². The number of aryl methyl sites for hydroxylation is 1. The van der Waals surface area contributed by atoms with Crippen molar-refractivity contribution in [1.29, 1.82) is 0 Å². The lowest BCUT2D eigenvalue weighted by Crippen LogP contribution is -2.43. The Morgan fingerprint density at radius 1 is 1.27 bits per heavy atom. The highest BCUT2D eigenvalue weighted by Gasteiger charge is 2.21. The number of aromatic amines is 1. The number of para-hydroxylation sites is 1. The van der Waals surface area contributed by atoms with Gasteiger partial charge in [-0.25, -0.2) is 9.97 Å². The number of rotatable bonds is 5. The maximum absolute atomic E-state index is 11.5. The molecule has 0 bridgehead atoms. The molecule has 1 aliphatic rings. The molecule has 1 saturated heterocycles. The molecule has 136 valence electrons. The van der Waals surface area contributed by atoms with Crippen molar-refractivity contribution >= 4 is 26.7 Å². The summed E-state index contributed by atoms with van der Waals surface area (Å²) in [5.74, 6) is 0.759. The summed E-state index contributed by atoms with van der Waals surface area (Å²) in [6.45, 7) is 4.73. The van der Waals surface area contributed by atoms with Gasteiger partial charge in [0.2, 0.25) is 0 Å². The topological polar surface area (TPSA) is 73.9 Å². The second-order valence-electron chi connectivity index (χ2n) is 6.76. The number of thiazole rings is 1. The number of fused-ring (bicyclic) bond motifs is 1.